The summed E-state index contributed by atoms with van der Waals surface area (Å²) in [4.78, 5) is 14.9. The van der Waals surface area contributed by atoms with Crippen molar-refractivity contribution in [2.45, 2.75) is 45.1 Å². The number of hydrogen-bond acceptors (Lipinski definition) is 4. The fourth-order valence-corrected chi connectivity index (χ4v) is 5.80. The molecule has 1 heterocycles. The summed E-state index contributed by atoms with van der Waals surface area (Å²) in [6.45, 7) is 8.15. The van der Waals surface area contributed by atoms with Crippen molar-refractivity contribution in [1.82, 2.24) is 4.31 Å². The Morgan fingerprint density at radius 2 is 1.90 bits per heavy atom. The van der Waals surface area contributed by atoms with Crippen LogP contribution in [0.4, 0.5) is 5.69 Å². The summed E-state index contributed by atoms with van der Waals surface area (Å²) >= 11 is 3.47. The van der Waals surface area contributed by atoms with Crippen molar-refractivity contribution in [3.05, 3.63) is 52.0 Å². The van der Waals surface area contributed by atoms with Crippen LogP contribution in [-0.2, 0) is 21.2 Å². The maximum absolute atomic E-state index is 12.9. The molecule has 1 amide bonds. The van der Waals surface area contributed by atoms with Gasteiger partial charge in [0.05, 0.1) is 4.90 Å². The van der Waals surface area contributed by atoms with E-state index in [9.17, 15) is 13.2 Å². The van der Waals surface area contributed by atoms with Gasteiger partial charge in [0.25, 0.3) is 5.91 Å². The SMILES string of the molecule is CCN(CC)S(=O)(=O)c1ccc(OCC(=O)N2c3ccc(Br)cc3C[C@@H]2C)c(C)c1. The number of sulfonamides is 1. The van der Waals surface area contributed by atoms with Gasteiger partial charge in [0, 0.05) is 29.3 Å². The maximum Gasteiger partial charge on any atom is 0.265 e. The third-order valence-electron chi connectivity index (χ3n) is 5.37. The van der Waals surface area contributed by atoms with Gasteiger partial charge in [-0.1, -0.05) is 29.8 Å². The third-order valence-corrected chi connectivity index (χ3v) is 7.91. The number of benzene rings is 2. The number of amides is 1. The molecule has 0 bridgehead atoms. The molecule has 0 aromatic heterocycles. The lowest BCUT2D eigenvalue weighted by Crippen LogP contribution is -2.39. The van der Waals surface area contributed by atoms with Crippen molar-refractivity contribution in [2.75, 3.05) is 24.6 Å². The lowest BCUT2D eigenvalue weighted by Gasteiger charge is -2.23. The molecule has 6 nitrogen and oxygen atoms in total. The van der Waals surface area contributed by atoms with Crippen LogP contribution in [0.1, 0.15) is 31.9 Å². The molecule has 1 atom stereocenters. The van der Waals surface area contributed by atoms with Crippen LogP contribution in [-0.4, -0.2) is 44.4 Å². The predicted molar refractivity (Wildman–Crippen MR) is 122 cm³/mol. The van der Waals surface area contributed by atoms with Gasteiger partial charge in [-0.05, 0) is 67.8 Å². The molecule has 0 N–H and O–H groups in total. The van der Waals surface area contributed by atoms with Crippen molar-refractivity contribution in [3.8, 4) is 5.75 Å². The monoisotopic (exact) mass is 494 g/mol. The van der Waals surface area contributed by atoms with Gasteiger partial charge in [-0.15, -0.1) is 0 Å². The topological polar surface area (TPSA) is 66.9 Å². The van der Waals surface area contributed by atoms with Crippen LogP contribution < -0.4 is 9.64 Å². The van der Waals surface area contributed by atoms with E-state index in [-0.39, 0.29) is 23.5 Å². The molecule has 162 valence electrons. The second-order valence-electron chi connectivity index (χ2n) is 7.40. The van der Waals surface area contributed by atoms with Crippen LogP contribution in [0.2, 0.25) is 0 Å². The smallest absolute Gasteiger partial charge is 0.265 e. The number of halogens is 1. The van der Waals surface area contributed by atoms with E-state index in [2.05, 4.69) is 15.9 Å². The van der Waals surface area contributed by atoms with Gasteiger partial charge in [-0.25, -0.2) is 8.42 Å². The first-order valence-corrected chi connectivity index (χ1v) is 12.3. The molecule has 0 spiro atoms. The molecule has 0 fully saturated rings. The average molecular weight is 495 g/mol. The largest absolute Gasteiger partial charge is 0.483 e. The molecule has 0 unspecified atom stereocenters. The highest BCUT2D eigenvalue weighted by atomic mass is 79.9. The minimum atomic E-state index is -3.53. The van der Waals surface area contributed by atoms with Gasteiger partial charge >= 0.3 is 0 Å². The molecule has 8 heteroatoms. The molecule has 2 aromatic rings. The van der Waals surface area contributed by atoms with Crippen LogP contribution in [0.5, 0.6) is 5.75 Å². The summed E-state index contributed by atoms with van der Waals surface area (Å²) in [5.41, 5.74) is 2.72. The van der Waals surface area contributed by atoms with Crippen LogP contribution in [0.15, 0.2) is 45.8 Å². The number of ether oxygens (including phenoxy) is 1. The van der Waals surface area contributed by atoms with E-state index in [4.69, 9.17) is 4.74 Å². The zero-order chi connectivity index (χ0) is 22.1. The number of carbonyl (C=O) groups excluding carboxylic acids is 1. The van der Waals surface area contributed by atoms with Gasteiger partial charge < -0.3 is 9.64 Å². The van der Waals surface area contributed by atoms with Crippen LogP contribution in [0.3, 0.4) is 0 Å². The van der Waals surface area contributed by atoms with Crippen LogP contribution in [0.25, 0.3) is 0 Å². The summed E-state index contributed by atoms with van der Waals surface area (Å²) in [5, 5.41) is 0. The molecule has 0 saturated carbocycles. The molecule has 1 aliphatic rings. The third kappa shape index (κ3) is 4.40. The van der Waals surface area contributed by atoms with Gasteiger partial charge in [0.15, 0.2) is 6.61 Å². The van der Waals surface area contributed by atoms with E-state index in [0.29, 0.717) is 24.4 Å². The van der Waals surface area contributed by atoms with Crippen molar-refractivity contribution in [1.29, 1.82) is 0 Å². The lowest BCUT2D eigenvalue weighted by atomic mass is 10.1. The molecule has 0 radical (unpaired) electrons. The van der Waals surface area contributed by atoms with Gasteiger partial charge in [0.2, 0.25) is 10.0 Å². The van der Waals surface area contributed by atoms with Gasteiger partial charge in [-0.3, -0.25) is 4.79 Å². The summed E-state index contributed by atoms with van der Waals surface area (Å²) < 4.78 is 33.6. The highest BCUT2D eigenvalue weighted by Crippen LogP contribution is 2.34. The lowest BCUT2D eigenvalue weighted by molar-refractivity contribution is -0.120. The molecule has 2 aromatic carbocycles. The Balaban J connectivity index is 1.73. The van der Waals surface area contributed by atoms with E-state index in [0.717, 1.165) is 22.1 Å². The summed E-state index contributed by atoms with van der Waals surface area (Å²) in [6.07, 6.45) is 0.803. The fraction of sp³-hybridized carbons (Fsp3) is 0.409. The molecular formula is C22H27BrN2O4S. The molecule has 0 aliphatic carbocycles. The van der Waals surface area contributed by atoms with E-state index < -0.39 is 10.0 Å². The first-order valence-electron chi connectivity index (χ1n) is 10.0. The molecule has 1 aliphatic heterocycles. The normalized spacial score (nSPS) is 16.1. The van der Waals surface area contributed by atoms with Crippen LogP contribution in [0, 0.1) is 6.92 Å². The Morgan fingerprint density at radius 1 is 1.20 bits per heavy atom. The number of hydrogen-bond donors (Lipinski definition) is 0. The fourth-order valence-electron chi connectivity index (χ4n) is 3.85. The summed E-state index contributed by atoms with van der Waals surface area (Å²) in [7, 11) is -3.53. The standard InChI is InChI=1S/C22H27BrN2O4S/c1-5-24(6-2)30(27,28)19-8-10-21(15(3)11-19)29-14-22(26)25-16(4)12-17-13-18(23)7-9-20(17)25/h7-11,13,16H,5-6,12,14H2,1-4H3/t16-/m0/s1. The minimum Gasteiger partial charge on any atom is -0.483 e. The first kappa shape index (κ1) is 22.8. The van der Waals surface area contributed by atoms with Crippen molar-refractivity contribution in [2.24, 2.45) is 0 Å². The zero-order valence-electron chi connectivity index (χ0n) is 17.7. The quantitative estimate of drug-likeness (QED) is 0.579. The average Bonchev–Trinajstić information content (AvgIpc) is 3.02. The van der Waals surface area contributed by atoms with E-state index in [1.165, 1.54) is 10.4 Å². The number of fused-ring (bicyclic) bond motifs is 1. The van der Waals surface area contributed by atoms with Gasteiger partial charge in [-0.2, -0.15) is 4.31 Å². The van der Waals surface area contributed by atoms with E-state index in [1.54, 1.807) is 24.0 Å². The number of carbonyl (C=O) groups is 1. The van der Waals surface area contributed by atoms with Crippen LogP contribution >= 0.6 is 15.9 Å². The number of aryl methyl sites for hydroxylation is 1. The molecular weight excluding hydrogens is 468 g/mol. The Bertz CT molecular complexity index is 1050. The van der Waals surface area contributed by atoms with E-state index >= 15 is 0 Å². The predicted octanol–water partition coefficient (Wildman–Crippen LogP) is 4.14. The minimum absolute atomic E-state index is 0.0630. The zero-order valence-corrected chi connectivity index (χ0v) is 20.1. The molecule has 30 heavy (non-hydrogen) atoms. The molecule has 3 rings (SSSR count). The van der Waals surface area contributed by atoms with Crippen molar-refractivity contribution >= 4 is 37.5 Å². The van der Waals surface area contributed by atoms with E-state index in [1.807, 2.05) is 39.0 Å². The highest BCUT2D eigenvalue weighted by Gasteiger charge is 2.31. The Labute approximate surface area is 187 Å². The van der Waals surface area contributed by atoms with Crippen molar-refractivity contribution in [3.63, 3.8) is 0 Å². The van der Waals surface area contributed by atoms with Crippen molar-refractivity contribution < 1.29 is 17.9 Å². The first-order chi connectivity index (χ1) is 14.2. The Kier molecular flexibility index (Phi) is 6.89. The molecule has 0 saturated heterocycles. The second-order valence-corrected chi connectivity index (χ2v) is 10.2. The number of nitrogens with zero attached hydrogens (tertiary/aromatic N) is 2. The highest BCUT2D eigenvalue weighted by molar-refractivity contribution is 9.10. The Morgan fingerprint density at radius 3 is 2.53 bits per heavy atom. The van der Waals surface area contributed by atoms with Gasteiger partial charge in [0.1, 0.15) is 5.75 Å². The second kappa shape index (κ2) is 9.08. The number of anilines is 1. The Hall–Kier alpha value is -1.90. The maximum atomic E-state index is 12.9. The summed E-state index contributed by atoms with van der Waals surface area (Å²) in [5.74, 6) is 0.382. The number of rotatable bonds is 7. The summed E-state index contributed by atoms with van der Waals surface area (Å²) in [6, 6.07) is 10.7.